The second-order valence-corrected chi connectivity index (χ2v) is 7.99. The first-order valence-electron chi connectivity index (χ1n) is 8.56. The van der Waals surface area contributed by atoms with Crippen LogP contribution in [0.4, 0.5) is 11.4 Å². The molecule has 3 rings (SSSR count). The first-order valence-corrected chi connectivity index (χ1v) is 10.3. The minimum absolute atomic E-state index is 0.0117. The number of rotatable bonds is 6. The number of likely N-dealkylation sites (tertiary alicyclic amines) is 1. The van der Waals surface area contributed by atoms with Gasteiger partial charge in [0.1, 0.15) is 0 Å². The molecule has 2 heterocycles. The number of benzene rings is 1. The zero-order valence-electron chi connectivity index (χ0n) is 14.8. The molecule has 1 N–H and O–H groups in total. The van der Waals surface area contributed by atoms with Crippen molar-refractivity contribution in [3.8, 4) is 0 Å². The van der Waals surface area contributed by atoms with E-state index in [0.29, 0.717) is 20.7 Å². The highest BCUT2D eigenvalue weighted by molar-refractivity contribution is 9.10. The molecule has 1 fully saturated rings. The molecule has 2 aromatic rings. The molecule has 1 saturated heterocycles. The molecule has 28 heavy (non-hydrogen) atoms. The number of anilines is 1. The molecule has 10 heteroatoms. The summed E-state index contributed by atoms with van der Waals surface area (Å²) in [6.45, 7) is 1.57. The summed E-state index contributed by atoms with van der Waals surface area (Å²) in [6, 6.07) is 7.58. The van der Waals surface area contributed by atoms with Crippen molar-refractivity contribution in [3.63, 3.8) is 0 Å². The van der Waals surface area contributed by atoms with Crippen molar-refractivity contribution >= 4 is 50.9 Å². The highest BCUT2D eigenvalue weighted by atomic mass is 79.9. The fraction of sp³-hybridized carbons (Fsp3) is 0.278. The Balaban J connectivity index is 1.53. The van der Waals surface area contributed by atoms with Gasteiger partial charge in [0.2, 0.25) is 5.91 Å². The monoisotopic (exact) mass is 464 g/mol. The second-order valence-electron chi connectivity index (χ2n) is 6.14. The Bertz CT molecular complexity index is 901. The summed E-state index contributed by atoms with van der Waals surface area (Å²) >= 11 is 4.46. The van der Waals surface area contributed by atoms with E-state index < -0.39 is 4.92 Å². The van der Waals surface area contributed by atoms with Crippen LogP contribution >= 0.6 is 27.7 Å². The summed E-state index contributed by atoms with van der Waals surface area (Å²) in [5.74, 6) is -0.156. The van der Waals surface area contributed by atoms with E-state index in [1.54, 1.807) is 12.1 Å². The van der Waals surface area contributed by atoms with Gasteiger partial charge in [0.15, 0.2) is 0 Å². The molecule has 0 radical (unpaired) electrons. The SMILES string of the molecule is O=C(CSc1ccc(C(=O)N2CCCC2)cn1)Nc1ccc([N+](=O)[O-])cc1Br. The molecule has 0 bridgehead atoms. The molecule has 1 aromatic carbocycles. The molecular weight excluding hydrogens is 448 g/mol. The van der Waals surface area contributed by atoms with Crippen LogP contribution in [0.5, 0.6) is 0 Å². The first-order chi connectivity index (χ1) is 13.4. The molecule has 146 valence electrons. The summed E-state index contributed by atoms with van der Waals surface area (Å²) in [7, 11) is 0. The topological polar surface area (TPSA) is 105 Å². The standard InChI is InChI=1S/C18H17BrN4O4S/c19-14-9-13(23(26)27)4-5-15(14)21-16(24)11-28-17-6-3-12(10-20-17)18(25)22-7-1-2-8-22/h3-6,9-10H,1-2,7-8,11H2,(H,21,24). The van der Waals surface area contributed by atoms with Crippen molar-refractivity contribution in [3.05, 3.63) is 56.7 Å². The third-order valence-corrected chi connectivity index (χ3v) is 5.77. The lowest BCUT2D eigenvalue weighted by atomic mass is 10.2. The van der Waals surface area contributed by atoms with Gasteiger partial charge < -0.3 is 10.2 Å². The minimum atomic E-state index is -0.504. The molecule has 0 saturated carbocycles. The lowest BCUT2D eigenvalue weighted by Gasteiger charge is -2.14. The summed E-state index contributed by atoms with van der Waals surface area (Å²) in [4.78, 5) is 40.7. The number of thioether (sulfide) groups is 1. The maximum absolute atomic E-state index is 12.3. The number of amides is 2. The van der Waals surface area contributed by atoms with Crippen LogP contribution in [0.2, 0.25) is 0 Å². The Morgan fingerprint density at radius 1 is 1.25 bits per heavy atom. The maximum atomic E-state index is 12.3. The van der Waals surface area contributed by atoms with E-state index in [9.17, 15) is 19.7 Å². The van der Waals surface area contributed by atoms with E-state index in [1.807, 2.05) is 4.90 Å². The maximum Gasteiger partial charge on any atom is 0.270 e. The summed E-state index contributed by atoms with van der Waals surface area (Å²) in [5, 5.41) is 14.1. The van der Waals surface area contributed by atoms with Crippen LogP contribution < -0.4 is 5.32 Å². The van der Waals surface area contributed by atoms with Crippen LogP contribution in [0.3, 0.4) is 0 Å². The predicted molar refractivity (Wildman–Crippen MR) is 110 cm³/mol. The van der Waals surface area contributed by atoms with Gasteiger partial charge in [-0.05, 0) is 47.0 Å². The lowest BCUT2D eigenvalue weighted by Crippen LogP contribution is -2.27. The van der Waals surface area contributed by atoms with Gasteiger partial charge in [-0.2, -0.15) is 0 Å². The van der Waals surface area contributed by atoms with Gasteiger partial charge in [-0.25, -0.2) is 4.98 Å². The molecular formula is C18H17BrN4O4S. The van der Waals surface area contributed by atoms with Gasteiger partial charge in [0, 0.05) is 35.9 Å². The number of nitro groups is 1. The van der Waals surface area contributed by atoms with Gasteiger partial charge in [0.25, 0.3) is 11.6 Å². The molecule has 1 aromatic heterocycles. The second kappa shape index (κ2) is 9.16. The number of nitrogens with zero attached hydrogens (tertiary/aromatic N) is 3. The van der Waals surface area contributed by atoms with E-state index in [-0.39, 0.29) is 23.3 Å². The molecule has 2 amide bonds. The number of hydrogen-bond donors (Lipinski definition) is 1. The Kier molecular flexibility index (Phi) is 6.63. The van der Waals surface area contributed by atoms with Crippen LogP contribution in [0.25, 0.3) is 0 Å². The molecule has 0 unspecified atom stereocenters. The largest absolute Gasteiger partial charge is 0.339 e. The predicted octanol–water partition coefficient (Wildman–Crippen LogP) is 3.72. The Morgan fingerprint density at radius 2 is 2.00 bits per heavy atom. The lowest BCUT2D eigenvalue weighted by molar-refractivity contribution is -0.384. The Morgan fingerprint density at radius 3 is 2.61 bits per heavy atom. The van der Waals surface area contributed by atoms with Crippen molar-refractivity contribution in [2.24, 2.45) is 0 Å². The first kappa shape index (κ1) is 20.3. The van der Waals surface area contributed by atoms with Gasteiger partial charge in [-0.1, -0.05) is 11.8 Å². The zero-order chi connectivity index (χ0) is 20.1. The Labute approximate surface area is 174 Å². The van der Waals surface area contributed by atoms with Crippen molar-refractivity contribution in [2.45, 2.75) is 17.9 Å². The highest BCUT2D eigenvalue weighted by Gasteiger charge is 2.19. The van der Waals surface area contributed by atoms with Gasteiger partial charge in [0.05, 0.1) is 27.0 Å². The van der Waals surface area contributed by atoms with Crippen LogP contribution in [0.1, 0.15) is 23.2 Å². The minimum Gasteiger partial charge on any atom is -0.339 e. The van der Waals surface area contributed by atoms with Gasteiger partial charge in [-0.3, -0.25) is 19.7 Å². The molecule has 0 spiro atoms. The van der Waals surface area contributed by atoms with Crippen LogP contribution in [-0.2, 0) is 4.79 Å². The summed E-state index contributed by atoms with van der Waals surface area (Å²) < 4.78 is 0.433. The highest BCUT2D eigenvalue weighted by Crippen LogP contribution is 2.27. The summed E-state index contributed by atoms with van der Waals surface area (Å²) in [5.41, 5.74) is 0.938. The molecule has 1 aliphatic heterocycles. The average molecular weight is 465 g/mol. The molecule has 1 aliphatic rings. The number of carbonyl (C=O) groups excluding carboxylic acids is 2. The van der Waals surface area contributed by atoms with E-state index in [4.69, 9.17) is 0 Å². The average Bonchev–Trinajstić information content (AvgIpc) is 3.22. The molecule has 8 nitrogen and oxygen atoms in total. The number of pyridine rings is 1. The fourth-order valence-corrected chi connectivity index (χ4v) is 3.85. The fourth-order valence-electron chi connectivity index (χ4n) is 2.74. The molecule has 0 aliphatic carbocycles. The quantitative estimate of drug-likeness (QED) is 0.396. The van der Waals surface area contributed by atoms with Gasteiger partial charge >= 0.3 is 0 Å². The number of hydrogen-bond acceptors (Lipinski definition) is 6. The van der Waals surface area contributed by atoms with Crippen LogP contribution in [0, 0.1) is 10.1 Å². The number of nitrogens with one attached hydrogen (secondary N) is 1. The van der Waals surface area contributed by atoms with Crippen molar-refractivity contribution in [1.82, 2.24) is 9.88 Å². The number of halogens is 1. The number of carbonyl (C=O) groups is 2. The molecule has 0 atom stereocenters. The van der Waals surface area contributed by atoms with E-state index >= 15 is 0 Å². The third-order valence-electron chi connectivity index (χ3n) is 4.17. The number of nitro benzene ring substituents is 1. The van der Waals surface area contributed by atoms with Crippen molar-refractivity contribution in [1.29, 1.82) is 0 Å². The number of non-ortho nitro benzene ring substituents is 1. The van der Waals surface area contributed by atoms with Crippen LogP contribution in [-0.4, -0.2) is 45.5 Å². The third kappa shape index (κ3) is 5.08. The normalized spacial score (nSPS) is 13.4. The van der Waals surface area contributed by atoms with Gasteiger partial charge in [-0.15, -0.1) is 0 Å². The number of aromatic nitrogens is 1. The Hall–Kier alpha value is -2.46. The van der Waals surface area contributed by atoms with E-state index in [1.165, 1.54) is 36.2 Å². The summed E-state index contributed by atoms with van der Waals surface area (Å²) in [6.07, 6.45) is 3.61. The van der Waals surface area contributed by atoms with Crippen molar-refractivity contribution < 1.29 is 14.5 Å². The van der Waals surface area contributed by atoms with Crippen molar-refractivity contribution in [2.75, 3.05) is 24.2 Å². The van der Waals surface area contributed by atoms with Crippen LogP contribution in [0.15, 0.2) is 46.0 Å². The van der Waals surface area contributed by atoms with E-state index in [2.05, 4.69) is 26.2 Å². The smallest absolute Gasteiger partial charge is 0.270 e. The zero-order valence-corrected chi connectivity index (χ0v) is 17.2. The van der Waals surface area contributed by atoms with E-state index in [0.717, 1.165) is 25.9 Å².